The molecule has 118 valence electrons. The summed E-state index contributed by atoms with van der Waals surface area (Å²) < 4.78 is 0.854. The van der Waals surface area contributed by atoms with Crippen LogP contribution >= 0.6 is 15.9 Å². The van der Waals surface area contributed by atoms with Crippen LogP contribution in [-0.4, -0.2) is 15.8 Å². The standard InChI is InChI=1S/C15H16BrN3O.C2H6/c1-4-10(11(16)5-2)9-6-12-14(13(20)7-9)8(3)18-15(17)19-12;1-2/h4-5,9H,1-2,6-7H2,3H3,(H2,17,18,19);1-2H3/b11-10-;. The Morgan fingerprint density at radius 3 is 2.45 bits per heavy atom. The second-order valence-electron chi connectivity index (χ2n) is 4.73. The smallest absolute Gasteiger partial charge is 0.220 e. The molecule has 4 nitrogen and oxygen atoms in total. The number of Topliss-reactive ketones (excluding diaryl/α,β-unsaturated/α-hetero) is 1. The average Bonchev–Trinajstić information content (AvgIpc) is 2.48. The molecular weight excluding hydrogens is 342 g/mol. The van der Waals surface area contributed by atoms with E-state index >= 15 is 0 Å². The highest BCUT2D eigenvalue weighted by Gasteiger charge is 2.30. The number of anilines is 1. The first kappa shape index (κ1) is 18.3. The van der Waals surface area contributed by atoms with Crippen molar-refractivity contribution in [3.8, 4) is 0 Å². The van der Waals surface area contributed by atoms with Crippen LogP contribution in [0.5, 0.6) is 0 Å². The first-order valence-electron chi connectivity index (χ1n) is 7.28. The fourth-order valence-electron chi connectivity index (χ4n) is 2.59. The van der Waals surface area contributed by atoms with Crippen molar-refractivity contribution in [3.05, 3.63) is 52.3 Å². The van der Waals surface area contributed by atoms with Gasteiger partial charge in [0.1, 0.15) is 0 Å². The van der Waals surface area contributed by atoms with Gasteiger partial charge in [0.05, 0.1) is 17.0 Å². The van der Waals surface area contributed by atoms with E-state index in [4.69, 9.17) is 5.73 Å². The van der Waals surface area contributed by atoms with Crippen molar-refractivity contribution in [1.82, 2.24) is 9.97 Å². The first-order valence-corrected chi connectivity index (χ1v) is 8.08. The summed E-state index contributed by atoms with van der Waals surface area (Å²) in [6.45, 7) is 13.3. The van der Waals surface area contributed by atoms with Crippen LogP contribution in [-0.2, 0) is 6.42 Å². The number of allylic oxidation sites excluding steroid dienone is 4. The van der Waals surface area contributed by atoms with Gasteiger partial charge in [-0.25, -0.2) is 9.97 Å². The fourth-order valence-corrected chi connectivity index (χ4v) is 3.08. The van der Waals surface area contributed by atoms with E-state index in [9.17, 15) is 4.79 Å². The number of hydrogen-bond acceptors (Lipinski definition) is 4. The van der Waals surface area contributed by atoms with Gasteiger partial charge in [-0.05, 0) is 24.8 Å². The second kappa shape index (κ2) is 8.03. The molecule has 1 aromatic heterocycles. The molecule has 0 saturated carbocycles. The van der Waals surface area contributed by atoms with Gasteiger partial charge in [0.15, 0.2) is 5.78 Å². The number of hydrogen-bond donors (Lipinski definition) is 1. The van der Waals surface area contributed by atoms with Crippen LogP contribution in [0.25, 0.3) is 0 Å². The van der Waals surface area contributed by atoms with Gasteiger partial charge >= 0.3 is 0 Å². The van der Waals surface area contributed by atoms with Crippen molar-refractivity contribution < 1.29 is 4.79 Å². The summed E-state index contributed by atoms with van der Waals surface area (Å²) in [5.41, 5.74) is 8.64. The third-order valence-electron chi connectivity index (χ3n) is 3.45. The number of carbonyl (C=O) groups is 1. The maximum atomic E-state index is 12.3. The number of aromatic nitrogens is 2. The Bertz CT molecular complexity index is 635. The summed E-state index contributed by atoms with van der Waals surface area (Å²) in [4.78, 5) is 20.6. The van der Waals surface area contributed by atoms with Crippen molar-refractivity contribution >= 4 is 27.7 Å². The minimum atomic E-state index is 0.0357. The molecule has 22 heavy (non-hydrogen) atoms. The van der Waals surface area contributed by atoms with Crippen LogP contribution in [0.1, 0.15) is 42.0 Å². The van der Waals surface area contributed by atoms with Crippen LogP contribution in [0, 0.1) is 12.8 Å². The average molecular weight is 364 g/mol. The minimum absolute atomic E-state index is 0.0357. The maximum absolute atomic E-state index is 12.3. The molecule has 0 aliphatic heterocycles. The van der Waals surface area contributed by atoms with Gasteiger partial charge in [0, 0.05) is 10.9 Å². The van der Waals surface area contributed by atoms with Gasteiger partial charge in [-0.2, -0.15) is 0 Å². The van der Waals surface area contributed by atoms with Gasteiger partial charge < -0.3 is 5.73 Å². The molecule has 0 bridgehead atoms. The lowest BCUT2D eigenvalue weighted by molar-refractivity contribution is 0.0955. The third kappa shape index (κ3) is 3.71. The van der Waals surface area contributed by atoms with Crippen molar-refractivity contribution in [2.75, 3.05) is 5.73 Å². The zero-order chi connectivity index (χ0) is 16.9. The zero-order valence-electron chi connectivity index (χ0n) is 13.3. The molecule has 0 fully saturated rings. The minimum Gasteiger partial charge on any atom is -0.368 e. The van der Waals surface area contributed by atoms with Gasteiger partial charge in [0.2, 0.25) is 5.95 Å². The molecule has 2 rings (SSSR count). The number of aryl methyl sites for hydroxylation is 1. The zero-order valence-corrected chi connectivity index (χ0v) is 14.9. The molecule has 5 heteroatoms. The number of rotatable bonds is 3. The van der Waals surface area contributed by atoms with Gasteiger partial charge in [0.25, 0.3) is 0 Å². The number of nitrogens with two attached hydrogens (primary N) is 1. The summed E-state index contributed by atoms with van der Waals surface area (Å²) in [7, 11) is 0. The molecule has 1 heterocycles. The van der Waals surface area contributed by atoms with E-state index in [1.54, 1.807) is 19.1 Å². The molecule has 1 aliphatic rings. The molecule has 1 aromatic rings. The number of ketones is 1. The largest absolute Gasteiger partial charge is 0.368 e. The Balaban J connectivity index is 0.00000116. The Morgan fingerprint density at radius 1 is 1.27 bits per heavy atom. The molecule has 0 radical (unpaired) electrons. The van der Waals surface area contributed by atoms with E-state index in [1.807, 2.05) is 13.8 Å². The van der Waals surface area contributed by atoms with Crippen molar-refractivity contribution in [2.24, 2.45) is 5.92 Å². The SMILES string of the molecule is C=C/C(Br)=C(\C=C)C1CC(=O)c2c(C)nc(N)nc2C1.CC. The molecule has 0 saturated heterocycles. The molecule has 0 aromatic carbocycles. The predicted octanol–water partition coefficient (Wildman–Crippen LogP) is 4.16. The van der Waals surface area contributed by atoms with Crippen LogP contribution in [0.4, 0.5) is 5.95 Å². The predicted molar refractivity (Wildman–Crippen MR) is 95.0 cm³/mol. The number of nitrogens with zero attached hydrogens (tertiary/aromatic N) is 2. The molecule has 0 amide bonds. The monoisotopic (exact) mass is 363 g/mol. The molecule has 0 spiro atoms. The molecule has 1 aliphatic carbocycles. The van der Waals surface area contributed by atoms with Crippen molar-refractivity contribution in [3.63, 3.8) is 0 Å². The highest BCUT2D eigenvalue weighted by atomic mass is 79.9. The molecule has 1 atom stereocenters. The van der Waals surface area contributed by atoms with Crippen LogP contribution in [0.3, 0.4) is 0 Å². The lowest BCUT2D eigenvalue weighted by Gasteiger charge is -2.25. The molecular formula is C17H22BrN3O. The van der Waals surface area contributed by atoms with E-state index < -0.39 is 0 Å². The van der Waals surface area contributed by atoms with Crippen LogP contribution in [0.15, 0.2) is 35.4 Å². The highest BCUT2D eigenvalue weighted by Crippen LogP contribution is 2.34. The molecule has 1 unspecified atom stereocenters. The van der Waals surface area contributed by atoms with Crippen LogP contribution in [0.2, 0.25) is 0 Å². The number of halogens is 1. The summed E-state index contributed by atoms with van der Waals surface area (Å²) >= 11 is 3.45. The van der Waals surface area contributed by atoms with Crippen molar-refractivity contribution in [1.29, 1.82) is 0 Å². The van der Waals surface area contributed by atoms with Crippen molar-refractivity contribution in [2.45, 2.75) is 33.6 Å². The van der Waals surface area contributed by atoms with E-state index in [2.05, 4.69) is 39.1 Å². The Labute approximate surface area is 140 Å². The molecule has 2 N–H and O–H groups in total. The summed E-state index contributed by atoms with van der Waals surface area (Å²) in [5.74, 6) is 0.299. The van der Waals surface area contributed by atoms with E-state index in [-0.39, 0.29) is 17.6 Å². The van der Waals surface area contributed by atoms with E-state index in [0.717, 1.165) is 15.7 Å². The van der Waals surface area contributed by atoms with Gasteiger partial charge in [-0.3, -0.25) is 4.79 Å². The van der Waals surface area contributed by atoms with Gasteiger partial charge in [-0.1, -0.05) is 55.1 Å². The van der Waals surface area contributed by atoms with E-state index in [0.29, 0.717) is 24.1 Å². The Morgan fingerprint density at radius 2 is 1.91 bits per heavy atom. The quantitative estimate of drug-likeness (QED) is 0.818. The van der Waals surface area contributed by atoms with Crippen LogP contribution < -0.4 is 5.73 Å². The first-order chi connectivity index (χ1) is 10.5. The second-order valence-corrected chi connectivity index (χ2v) is 5.58. The summed E-state index contributed by atoms with van der Waals surface area (Å²) in [6.07, 6.45) is 4.53. The number of carbonyl (C=O) groups excluding carboxylic acids is 1. The maximum Gasteiger partial charge on any atom is 0.220 e. The lowest BCUT2D eigenvalue weighted by Crippen LogP contribution is -2.25. The third-order valence-corrected chi connectivity index (χ3v) is 4.23. The Kier molecular flexibility index (Phi) is 6.68. The van der Waals surface area contributed by atoms with E-state index in [1.165, 1.54) is 0 Å². The topological polar surface area (TPSA) is 68.9 Å². The lowest BCUT2D eigenvalue weighted by atomic mass is 9.80. The highest BCUT2D eigenvalue weighted by molar-refractivity contribution is 9.11. The summed E-state index contributed by atoms with van der Waals surface area (Å²) in [5, 5.41) is 0. The normalized spacial score (nSPS) is 17.6. The summed E-state index contributed by atoms with van der Waals surface area (Å²) in [6, 6.07) is 0. The Hall–Kier alpha value is -1.75. The fraction of sp³-hybridized carbons (Fsp3) is 0.353. The van der Waals surface area contributed by atoms with Gasteiger partial charge in [-0.15, -0.1) is 0 Å². The number of nitrogen functional groups attached to an aromatic ring is 1. The number of fused-ring (bicyclic) bond motifs is 1.